The van der Waals surface area contributed by atoms with Gasteiger partial charge in [-0.25, -0.2) is 9.38 Å². The molecule has 28 heavy (non-hydrogen) atoms. The summed E-state index contributed by atoms with van der Waals surface area (Å²) in [4.78, 5) is 9.69. The second kappa shape index (κ2) is 14.4. The highest BCUT2D eigenvalue weighted by Gasteiger charge is 2.14. The molecule has 0 unspecified atom stereocenters. The summed E-state index contributed by atoms with van der Waals surface area (Å²) in [6.07, 6.45) is 2.03. The van der Waals surface area contributed by atoms with Crippen LogP contribution in [0.3, 0.4) is 0 Å². The van der Waals surface area contributed by atoms with E-state index < -0.39 is 0 Å². The minimum absolute atomic E-state index is 0. The van der Waals surface area contributed by atoms with Gasteiger partial charge < -0.3 is 15.5 Å². The van der Waals surface area contributed by atoms with Crippen LogP contribution in [0.1, 0.15) is 25.0 Å². The van der Waals surface area contributed by atoms with Crippen LogP contribution < -0.4 is 10.6 Å². The van der Waals surface area contributed by atoms with Gasteiger partial charge in [0, 0.05) is 51.6 Å². The van der Waals surface area contributed by atoms with Crippen molar-refractivity contribution in [3.63, 3.8) is 0 Å². The van der Waals surface area contributed by atoms with E-state index in [2.05, 4.69) is 34.3 Å². The molecule has 0 saturated carbocycles. The lowest BCUT2D eigenvalue weighted by Gasteiger charge is -2.34. The Morgan fingerprint density at radius 3 is 2.46 bits per heavy atom. The number of hydrogen-bond acceptors (Lipinski definition) is 4. The summed E-state index contributed by atoms with van der Waals surface area (Å²) in [6.45, 7) is 13.3. The Balaban J connectivity index is 0.00000392. The van der Waals surface area contributed by atoms with Crippen molar-refractivity contribution in [3.8, 4) is 0 Å². The third-order valence-corrected chi connectivity index (χ3v) is 5.45. The van der Waals surface area contributed by atoms with E-state index in [1.165, 1.54) is 6.07 Å². The van der Waals surface area contributed by atoms with Crippen LogP contribution in [-0.2, 0) is 12.3 Å². The van der Waals surface area contributed by atoms with E-state index in [1.54, 1.807) is 17.8 Å². The molecule has 1 heterocycles. The first kappa shape index (κ1) is 25.5. The molecular formula is C20H35FIN5S. The topological polar surface area (TPSA) is 42.9 Å². The van der Waals surface area contributed by atoms with Crippen LogP contribution in [-0.4, -0.2) is 74.4 Å². The maximum atomic E-state index is 13.5. The summed E-state index contributed by atoms with van der Waals surface area (Å²) in [5.41, 5.74) is 2.11. The lowest BCUT2D eigenvalue weighted by Crippen LogP contribution is -2.49. The van der Waals surface area contributed by atoms with Crippen molar-refractivity contribution in [2.45, 2.75) is 26.1 Å². The van der Waals surface area contributed by atoms with Crippen LogP contribution in [0.2, 0.25) is 0 Å². The molecule has 0 bridgehead atoms. The summed E-state index contributed by atoms with van der Waals surface area (Å²) < 4.78 is 13.5. The summed E-state index contributed by atoms with van der Waals surface area (Å²) in [6, 6.07) is 4.99. The van der Waals surface area contributed by atoms with Crippen LogP contribution in [0.15, 0.2) is 23.2 Å². The zero-order valence-electron chi connectivity index (χ0n) is 17.3. The van der Waals surface area contributed by atoms with Crippen molar-refractivity contribution in [1.82, 2.24) is 20.4 Å². The van der Waals surface area contributed by atoms with Crippen LogP contribution in [0.4, 0.5) is 4.39 Å². The van der Waals surface area contributed by atoms with Crippen LogP contribution in [0.5, 0.6) is 0 Å². The van der Waals surface area contributed by atoms with Gasteiger partial charge >= 0.3 is 0 Å². The van der Waals surface area contributed by atoms with Crippen molar-refractivity contribution < 1.29 is 4.39 Å². The molecule has 0 aliphatic carbocycles. The Labute approximate surface area is 190 Å². The number of halogens is 2. The minimum Gasteiger partial charge on any atom is -0.357 e. The van der Waals surface area contributed by atoms with E-state index in [4.69, 9.17) is 4.99 Å². The largest absolute Gasteiger partial charge is 0.357 e. The molecule has 0 amide bonds. The third kappa shape index (κ3) is 8.84. The Bertz CT molecular complexity index is 594. The molecule has 1 aliphatic heterocycles. The fourth-order valence-corrected chi connectivity index (χ4v) is 3.79. The molecule has 1 aromatic rings. The first-order valence-corrected chi connectivity index (χ1v) is 11.3. The number of likely N-dealkylation sites (N-methyl/N-ethyl adjacent to an activating group) is 1. The number of rotatable bonds is 9. The second-order valence-electron chi connectivity index (χ2n) is 6.74. The predicted molar refractivity (Wildman–Crippen MR) is 130 cm³/mol. The highest BCUT2D eigenvalue weighted by atomic mass is 127. The lowest BCUT2D eigenvalue weighted by atomic mass is 10.1. The summed E-state index contributed by atoms with van der Waals surface area (Å²) >= 11 is 1.70. The van der Waals surface area contributed by atoms with Gasteiger partial charge in [0.2, 0.25) is 0 Å². The molecule has 0 spiro atoms. The van der Waals surface area contributed by atoms with Gasteiger partial charge in [-0.1, -0.05) is 13.0 Å². The molecule has 5 nitrogen and oxygen atoms in total. The molecule has 0 radical (unpaired) electrons. The van der Waals surface area contributed by atoms with Crippen molar-refractivity contribution in [1.29, 1.82) is 0 Å². The number of thioether (sulfide) groups is 1. The molecular weight excluding hydrogens is 488 g/mol. The maximum Gasteiger partial charge on any atom is 0.191 e. The first-order valence-electron chi connectivity index (χ1n) is 9.89. The van der Waals surface area contributed by atoms with Gasteiger partial charge in [0.05, 0.1) is 6.54 Å². The predicted octanol–water partition coefficient (Wildman–Crippen LogP) is 3.00. The van der Waals surface area contributed by atoms with Crippen molar-refractivity contribution in [2.75, 3.05) is 58.6 Å². The molecule has 1 saturated heterocycles. The van der Waals surface area contributed by atoms with E-state index >= 15 is 0 Å². The molecule has 2 N–H and O–H groups in total. The molecule has 0 aromatic heterocycles. The highest BCUT2D eigenvalue weighted by Crippen LogP contribution is 2.17. The quantitative estimate of drug-likeness (QED) is 0.296. The van der Waals surface area contributed by atoms with E-state index in [1.807, 2.05) is 12.3 Å². The number of piperazine rings is 1. The van der Waals surface area contributed by atoms with Gasteiger partial charge in [0.1, 0.15) is 5.82 Å². The van der Waals surface area contributed by atoms with Crippen LogP contribution in [0, 0.1) is 5.82 Å². The number of guanidine groups is 1. The van der Waals surface area contributed by atoms with Gasteiger partial charge in [-0.3, -0.25) is 4.90 Å². The van der Waals surface area contributed by atoms with Crippen LogP contribution >= 0.6 is 35.7 Å². The van der Waals surface area contributed by atoms with Gasteiger partial charge in [-0.15, -0.1) is 24.0 Å². The van der Waals surface area contributed by atoms with Gasteiger partial charge in [-0.05, 0) is 43.0 Å². The molecule has 1 fully saturated rings. The van der Waals surface area contributed by atoms with Gasteiger partial charge in [0.25, 0.3) is 0 Å². The number of aliphatic imine (C=N–C) groups is 1. The Morgan fingerprint density at radius 1 is 1.11 bits per heavy atom. The average molecular weight is 524 g/mol. The normalized spacial score (nSPS) is 15.9. The van der Waals surface area contributed by atoms with E-state index in [-0.39, 0.29) is 29.8 Å². The third-order valence-electron chi connectivity index (χ3n) is 4.85. The van der Waals surface area contributed by atoms with Crippen molar-refractivity contribution in [3.05, 3.63) is 35.1 Å². The van der Waals surface area contributed by atoms with Crippen LogP contribution in [0.25, 0.3) is 0 Å². The fourth-order valence-electron chi connectivity index (χ4n) is 3.21. The first-order chi connectivity index (χ1) is 13.2. The Hall–Kier alpha value is -0.580. The Kier molecular flexibility index (Phi) is 13.1. The SMILES string of the molecule is CCNC(=NCc1ccc(F)cc1CSC)NCCN1CCN(CC)CC1.I. The van der Waals surface area contributed by atoms with Crippen molar-refractivity contribution >= 4 is 41.7 Å². The minimum atomic E-state index is -0.181. The number of benzene rings is 1. The zero-order chi connectivity index (χ0) is 19.5. The van der Waals surface area contributed by atoms with E-state index in [0.29, 0.717) is 6.54 Å². The zero-order valence-corrected chi connectivity index (χ0v) is 20.5. The maximum absolute atomic E-state index is 13.5. The second-order valence-corrected chi connectivity index (χ2v) is 7.61. The number of hydrogen-bond donors (Lipinski definition) is 2. The smallest absolute Gasteiger partial charge is 0.191 e. The summed E-state index contributed by atoms with van der Waals surface area (Å²) in [5, 5.41) is 6.73. The molecule has 1 aromatic carbocycles. The molecule has 8 heteroatoms. The van der Waals surface area contributed by atoms with Crippen molar-refractivity contribution in [2.24, 2.45) is 4.99 Å². The number of nitrogens with one attached hydrogen (secondary N) is 2. The lowest BCUT2D eigenvalue weighted by molar-refractivity contribution is 0.139. The molecule has 0 atom stereocenters. The highest BCUT2D eigenvalue weighted by molar-refractivity contribution is 14.0. The van der Waals surface area contributed by atoms with Gasteiger partial charge in [0.15, 0.2) is 5.96 Å². The van der Waals surface area contributed by atoms with E-state index in [0.717, 1.165) is 75.2 Å². The Morgan fingerprint density at radius 2 is 1.82 bits per heavy atom. The van der Waals surface area contributed by atoms with Gasteiger partial charge in [-0.2, -0.15) is 11.8 Å². The summed E-state index contributed by atoms with van der Waals surface area (Å²) in [5.74, 6) is 1.44. The monoisotopic (exact) mass is 523 g/mol. The molecule has 2 rings (SSSR count). The summed E-state index contributed by atoms with van der Waals surface area (Å²) in [7, 11) is 0. The number of nitrogens with zero attached hydrogens (tertiary/aromatic N) is 3. The standard InChI is InChI=1S/C20H34FN5S.HI/c1-4-22-20(23-8-9-26-12-10-25(5-2)11-13-26)24-15-17-6-7-19(21)14-18(17)16-27-3;/h6-7,14H,4-5,8-13,15-16H2,1-3H3,(H2,22,23,24);1H. The average Bonchev–Trinajstić information content (AvgIpc) is 2.68. The fraction of sp³-hybridized carbons (Fsp3) is 0.650. The molecule has 1 aliphatic rings. The van der Waals surface area contributed by atoms with E-state index in [9.17, 15) is 4.39 Å². The molecule has 160 valence electrons.